The number of benzene rings is 2. The summed E-state index contributed by atoms with van der Waals surface area (Å²) in [7, 11) is 1.46. The van der Waals surface area contributed by atoms with Crippen molar-refractivity contribution >= 4 is 16.9 Å². The summed E-state index contributed by atoms with van der Waals surface area (Å²) < 4.78 is 22.5. The number of carbonyl (C=O) groups excluding carboxylic acids is 1. The molecule has 0 atom stereocenters. The molecule has 0 aliphatic heterocycles. The molecule has 0 N–H and O–H groups in total. The van der Waals surface area contributed by atoms with E-state index in [0.717, 1.165) is 10.1 Å². The Kier molecular flexibility index (Phi) is 5.83. The minimum atomic E-state index is -0.666. The number of imidazole rings is 1. The second-order valence-electron chi connectivity index (χ2n) is 7.38. The first kappa shape index (κ1) is 21.4. The molecule has 0 bridgehead atoms. The van der Waals surface area contributed by atoms with Crippen LogP contribution < -0.4 is 11.2 Å². The van der Waals surface area contributed by atoms with Crippen LogP contribution in [0.3, 0.4) is 0 Å². The van der Waals surface area contributed by atoms with E-state index in [4.69, 9.17) is 4.74 Å². The fourth-order valence-electron chi connectivity index (χ4n) is 3.51. The molecular formula is C23H21FN4O4. The lowest BCUT2D eigenvalue weighted by molar-refractivity contribution is 0.0973. The average Bonchev–Trinajstić information content (AvgIpc) is 3.17. The van der Waals surface area contributed by atoms with E-state index in [1.165, 1.54) is 40.8 Å². The quantitative estimate of drug-likeness (QED) is 0.415. The summed E-state index contributed by atoms with van der Waals surface area (Å²) in [5.74, 6) is -0.748. The van der Waals surface area contributed by atoms with Crippen molar-refractivity contribution in [3.8, 4) is 5.69 Å². The smallest absolute Gasteiger partial charge is 0.337 e. The Labute approximate surface area is 182 Å². The highest BCUT2D eigenvalue weighted by Crippen LogP contribution is 2.15. The van der Waals surface area contributed by atoms with Crippen LogP contribution in [0.15, 0.2) is 64.4 Å². The van der Waals surface area contributed by atoms with Crippen molar-refractivity contribution in [2.24, 2.45) is 0 Å². The van der Waals surface area contributed by atoms with E-state index < -0.39 is 17.1 Å². The number of Topliss-reactive ketones (excluding diaryl/α,β-unsaturated/α-hetero) is 1. The lowest BCUT2D eigenvalue weighted by Gasteiger charge is -2.12. The number of rotatable bonds is 7. The topological polar surface area (TPSA) is 88.1 Å². The van der Waals surface area contributed by atoms with Gasteiger partial charge in [-0.3, -0.25) is 14.2 Å². The lowest BCUT2D eigenvalue weighted by Crippen LogP contribution is -2.41. The minimum absolute atomic E-state index is 0.00346. The summed E-state index contributed by atoms with van der Waals surface area (Å²) in [6, 6.07) is 12.6. The van der Waals surface area contributed by atoms with Crippen LogP contribution in [-0.2, 0) is 17.8 Å². The lowest BCUT2D eigenvalue weighted by atomic mass is 10.1. The number of nitrogens with zero attached hydrogens (tertiary/aromatic N) is 4. The fourth-order valence-corrected chi connectivity index (χ4v) is 3.51. The van der Waals surface area contributed by atoms with Gasteiger partial charge in [0.15, 0.2) is 16.9 Å². The van der Waals surface area contributed by atoms with Crippen LogP contribution in [-0.4, -0.2) is 38.2 Å². The molecule has 2 heterocycles. The zero-order valence-corrected chi connectivity index (χ0v) is 17.6. The molecule has 0 aliphatic carbocycles. The van der Waals surface area contributed by atoms with Crippen molar-refractivity contribution in [2.45, 2.75) is 20.0 Å². The van der Waals surface area contributed by atoms with Crippen LogP contribution in [0.25, 0.3) is 16.9 Å². The van der Waals surface area contributed by atoms with Crippen LogP contribution in [0.5, 0.6) is 0 Å². The fraction of sp³-hybridized carbons (Fsp3) is 0.217. The Balaban J connectivity index is 1.90. The van der Waals surface area contributed by atoms with Crippen molar-refractivity contribution in [1.29, 1.82) is 0 Å². The van der Waals surface area contributed by atoms with Crippen molar-refractivity contribution in [2.75, 3.05) is 13.7 Å². The number of hydrogen-bond donors (Lipinski definition) is 0. The predicted molar refractivity (Wildman–Crippen MR) is 117 cm³/mol. The molecule has 0 saturated carbocycles. The maximum Gasteiger partial charge on any atom is 0.337 e. The van der Waals surface area contributed by atoms with Gasteiger partial charge in [0.1, 0.15) is 5.82 Å². The Hall–Kier alpha value is -3.85. The van der Waals surface area contributed by atoms with Gasteiger partial charge in [0.2, 0.25) is 0 Å². The van der Waals surface area contributed by atoms with Gasteiger partial charge in [-0.15, -0.1) is 0 Å². The third-order valence-corrected chi connectivity index (χ3v) is 5.17. The molecule has 8 nitrogen and oxygen atoms in total. The molecule has 0 spiro atoms. The van der Waals surface area contributed by atoms with E-state index in [9.17, 15) is 18.8 Å². The number of aryl methyl sites for hydroxylation is 1. The maximum absolute atomic E-state index is 13.9. The summed E-state index contributed by atoms with van der Waals surface area (Å²) >= 11 is 0. The number of aromatic nitrogens is 4. The number of hydrogen-bond acceptors (Lipinski definition) is 5. The number of fused-ring (bicyclic) bond motifs is 1. The Bertz CT molecular complexity index is 1420. The molecule has 164 valence electrons. The molecule has 9 heteroatoms. The van der Waals surface area contributed by atoms with Gasteiger partial charge in [0.05, 0.1) is 31.7 Å². The number of carbonyl (C=O) groups is 1. The van der Waals surface area contributed by atoms with Gasteiger partial charge in [-0.1, -0.05) is 35.9 Å². The molecule has 2 aromatic heterocycles. The largest absolute Gasteiger partial charge is 0.383 e. The van der Waals surface area contributed by atoms with Gasteiger partial charge in [-0.25, -0.2) is 18.7 Å². The van der Waals surface area contributed by atoms with E-state index in [1.54, 1.807) is 18.2 Å². The van der Waals surface area contributed by atoms with Crippen LogP contribution in [0.1, 0.15) is 15.9 Å². The van der Waals surface area contributed by atoms with Gasteiger partial charge in [0, 0.05) is 12.7 Å². The third-order valence-electron chi connectivity index (χ3n) is 5.17. The summed E-state index contributed by atoms with van der Waals surface area (Å²) in [4.78, 5) is 43.4. The second-order valence-corrected chi connectivity index (χ2v) is 7.38. The van der Waals surface area contributed by atoms with E-state index in [1.807, 2.05) is 19.1 Å². The Morgan fingerprint density at radius 1 is 1.12 bits per heavy atom. The van der Waals surface area contributed by atoms with Gasteiger partial charge < -0.3 is 9.30 Å². The summed E-state index contributed by atoms with van der Waals surface area (Å²) in [5, 5.41) is 0. The zero-order chi connectivity index (χ0) is 22.8. The van der Waals surface area contributed by atoms with Gasteiger partial charge in [-0.2, -0.15) is 0 Å². The number of halogens is 1. The monoisotopic (exact) mass is 436 g/mol. The highest BCUT2D eigenvalue weighted by molar-refractivity contribution is 5.96. The van der Waals surface area contributed by atoms with Crippen molar-refractivity contribution in [1.82, 2.24) is 18.7 Å². The van der Waals surface area contributed by atoms with Crippen molar-refractivity contribution in [3.63, 3.8) is 0 Å². The summed E-state index contributed by atoms with van der Waals surface area (Å²) in [5.41, 5.74) is 0.609. The third kappa shape index (κ3) is 3.90. The molecule has 4 rings (SSSR count). The first-order chi connectivity index (χ1) is 15.4. The van der Waals surface area contributed by atoms with Gasteiger partial charge in [0.25, 0.3) is 5.56 Å². The van der Waals surface area contributed by atoms with Crippen LogP contribution in [0, 0.1) is 12.7 Å². The minimum Gasteiger partial charge on any atom is -0.383 e. The van der Waals surface area contributed by atoms with Crippen LogP contribution in [0.4, 0.5) is 4.39 Å². The Morgan fingerprint density at radius 2 is 1.88 bits per heavy atom. The number of ketones is 1. The first-order valence-corrected chi connectivity index (χ1v) is 9.96. The molecule has 0 radical (unpaired) electrons. The molecule has 0 amide bonds. The molecule has 0 aliphatic rings. The van der Waals surface area contributed by atoms with Crippen LogP contribution in [0.2, 0.25) is 0 Å². The SMILES string of the molecule is COCCn1c(=O)c2c(ncn2CC(=O)c2ccc(C)cc2)n(-c2cccc(F)c2)c1=O. The maximum atomic E-state index is 13.9. The predicted octanol–water partition coefficient (Wildman–Crippen LogP) is 2.33. The van der Waals surface area contributed by atoms with Crippen LogP contribution >= 0.6 is 0 Å². The average molecular weight is 436 g/mol. The zero-order valence-electron chi connectivity index (χ0n) is 17.6. The van der Waals surface area contributed by atoms with Crippen molar-refractivity contribution in [3.05, 3.63) is 92.6 Å². The molecule has 0 fully saturated rings. The molecule has 0 unspecified atom stereocenters. The molecular weight excluding hydrogens is 415 g/mol. The molecule has 2 aromatic carbocycles. The highest BCUT2D eigenvalue weighted by atomic mass is 19.1. The highest BCUT2D eigenvalue weighted by Gasteiger charge is 2.20. The summed E-state index contributed by atoms with van der Waals surface area (Å²) in [6.45, 7) is 1.91. The molecule has 32 heavy (non-hydrogen) atoms. The van der Waals surface area contributed by atoms with Gasteiger partial charge >= 0.3 is 5.69 Å². The van der Waals surface area contributed by atoms with E-state index >= 15 is 0 Å². The normalized spacial score (nSPS) is 11.2. The Morgan fingerprint density at radius 3 is 2.56 bits per heavy atom. The van der Waals surface area contributed by atoms with E-state index in [0.29, 0.717) is 5.56 Å². The molecule has 0 saturated heterocycles. The van der Waals surface area contributed by atoms with E-state index in [-0.39, 0.29) is 42.3 Å². The molecule has 4 aromatic rings. The summed E-state index contributed by atoms with van der Waals surface area (Å²) in [6.07, 6.45) is 1.34. The number of methoxy groups -OCH3 is 1. The number of ether oxygens (including phenoxy) is 1. The first-order valence-electron chi connectivity index (χ1n) is 9.96. The van der Waals surface area contributed by atoms with Crippen molar-refractivity contribution < 1.29 is 13.9 Å². The van der Waals surface area contributed by atoms with E-state index in [2.05, 4.69) is 4.98 Å². The standard InChI is InChI=1S/C23H21FN4O4/c1-15-6-8-16(9-7-15)19(29)13-26-14-25-21-20(26)22(30)27(10-11-32-2)23(31)28(21)18-5-3-4-17(24)12-18/h3-9,12,14H,10-11,13H2,1-2H3. The second kappa shape index (κ2) is 8.72. The van der Waals surface area contributed by atoms with Gasteiger partial charge in [-0.05, 0) is 25.1 Å².